The summed E-state index contributed by atoms with van der Waals surface area (Å²) in [5.41, 5.74) is 1.33. The number of hydrogen-bond donors (Lipinski definition) is 1. The number of nitrogens with zero attached hydrogens (tertiary/aromatic N) is 2. The highest BCUT2D eigenvalue weighted by atomic mass is 19.4. The van der Waals surface area contributed by atoms with Gasteiger partial charge >= 0.3 is 6.18 Å². The molecule has 0 aliphatic carbocycles. The fourth-order valence-electron chi connectivity index (χ4n) is 5.63. The number of alkyl halides is 3. The first-order chi connectivity index (χ1) is 16.8. The van der Waals surface area contributed by atoms with Crippen molar-refractivity contribution in [1.29, 1.82) is 0 Å². The van der Waals surface area contributed by atoms with E-state index in [2.05, 4.69) is 24.3 Å². The molecule has 3 fully saturated rings. The number of rotatable bonds is 6. The third-order valence-corrected chi connectivity index (χ3v) is 7.51. The Morgan fingerprint density at radius 2 is 1.80 bits per heavy atom. The molecule has 3 heterocycles. The second-order valence-corrected chi connectivity index (χ2v) is 10.2. The Labute approximate surface area is 205 Å². The molecule has 0 radical (unpaired) electrons. The Kier molecular flexibility index (Phi) is 9.07. The van der Waals surface area contributed by atoms with E-state index in [4.69, 9.17) is 9.47 Å². The topological polar surface area (TPSA) is 62.2 Å². The summed E-state index contributed by atoms with van der Waals surface area (Å²) in [7, 11) is 0. The van der Waals surface area contributed by atoms with Gasteiger partial charge in [-0.1, -0.05) is 30.3 Å². The first-order valence-electron chi connectivity index (χ1n) is 12.8. The van der Waals surface area contributed by atoms with Crippen LogP contribution in [0.3, 0.4) is 0 Å². The number of aliphatic hydroxyl groups is 1. The van der Waals surface area contributed by atoms with Crippen LogP contribution in [0.25, 0.3) is 0 Å². The number of benzene rings is 1. The minimum absolute atomic E-state index is 0.0661. The monoisotopic (exact) mass is 498 g/mol. The van der Waals surface area contributed by atoms with Gasteiger partial charge in [-0.25, -0.2) is 0 Å². The molecule has 0 bridgehead atoms. The van der Waals surface area contributed by atoms with Gasteiger partial charge in [0.15, 0.2) is 0 Å². The molecule has 1 N–H and O–H groups in total. The van der Waals surface area contributed by atoms with Crippen molar-refractivity contribution in [2.45, 2.75) is 75.5 Å². The standard InChI is InChI=1S/C26H37F3N2O4/c27-26(28,29)10-13-31-16-21(32)17-34-18-24-23(31)7-6-22(35-24)15-25(33)30-11-8-20(9-12-30)14-19-4-2-1-3-5-19/h1-5,20-24,32H,6-18H2/t21-,22+,23-,24+/m0/s1. The number of ether oxygens (including phenoxy) is 2. The Morgan fingerprint density at radius 3 is 2.51 bits per heavy atom. The van der Waals surface area contributed by atoms with E-state index in [0.29, 0.717) is 18.8 Å². The molecular formula is C26H37F3N2O4. The Balaban J connectivity index is 1.26. The lowest BCUT2D eigenvalue weighted by molar-refractivity contribution is -0.171. The summed E-state index contributed by atoms with van der Waals surface area (Å²) in [4.78, 5) is 16.6. The number of β-amino-alcohol motifs (C(OH)–C–C–N with tert-alkyl or cyclic N) is 1. The van der Waals surface area contributed by atoms with Gasteiger partial charge in [-0.05, 0) is 43.6 Å². The quantitative estimate of drug-likeness (QED) is 0.652. The number of amides is 1. The van der Waals surface area contributed by atoms with E-state index in [-0.39, 0.29) is 50.8 Å². The number of fused-ring (bicyclic) bond motifs is 1. The van der Waals surface area contributed by atoms with Crippen molar-refractivity contribution in [3.05, 3.63) is 35.9 Å². The Bertz CT molecular complexity index is 802. The van der Waals surface area contributed by atoms with Crippen LogP contribution < -0.4 is 0 Å². The predicted molar refractivity (Wildman–Crippen MR) is 125 cm³/mol. The Morgan fingerprint density at radius 1 is 1.06 bits per heavy atom. The molecule has 1 amide bonds. The smallest absolute Gasteiger partial charge is 0.389 e. The summed E-state index contributed by atoms with van der Waals surface area (Å²) in [5, 5.41) is 10.1. The van der Waals surface area contributed by atoms with Crippen LogP contribution in [0, 0.1) is 5.92 Å². The molecule has 196 valence electrons. The van der Waals surface area contributed by atoms with Gasteiger partial charge in [-0.15, -0.1) is 0 Å². The first kappa shape index (κ1) is 26.4. The van der Waals surface area contributed by atoms with Crippen LogP contribution in [-0.2, 0) is 20.7 Å². The lowest BCUT2D eigenvalue weighted by Gasteiger charge is -2.45. The predicted octanol–water partition coefficient (Wildman–Crippen LogP) is 3.42. The normalized spacial score (nSPS) is 29.3. The molecule has 0 saturated carbocycles. The highest BCUT2D eigenvalue weighted by Gasteiger charge is 2.40. The number of likely N-dealkylation sites (tertiary alicyclic amines) is 1. The molecular weight excluding hydrogens is 461 g/mol. The van der Waals surface area contributed by atoms with Crippen molar-refractivity contribution < 1.29 is 32.5 Å². The summed E-state index contributed by atoms with van der Waals surface area (Å²) >= 11 is 0. The van der Waals surface area contributed by atoms with Gasteiger partial charge in [0.1, 0.15) is 0 Å². The number of piperidine rings is 1. The van der Waals surface area contributed by atoms with Gasteiger partial charge in [0.05, 0.1) is 44.4 Å². The molecule has 0 unspecified atom stereocenters. The van der Waals surface area contributed by atoms with Crippen LogP contribution in [0.4, 0.5) is 13.2 Å². The van der Waals surface area contributed by atoms with Crippen LogP contribution in [0.2, 0.25) is 0 Å². The zero-order valence-corrected chi connectivity index (χ0v) is 20.2. The maximum absolute atomic E-state index is 13.0. The zero-order valence-electron chi connectivity index (χ0n) is 20.2. The second-order valence-electron chi connectivity index (χ2n) is 10.2. The zero-order chi connectivity index (χ0) is 24.8. The van der Waals surface area contributed by atoms with E-state index in [1.807, 2.05) is 11.0 Å². The number of halogens is 3. The van der Waals surface area contributed by atoms with E-state index < -0.39 is 24.8 Å². The SMILES string of the molecule is O=C(C[C@H]1CC[C@H]2[C@@H](COC[C@@H](O)CN2CCC(F)(F)F)O1)N1CCC(Cc2ccccc2)CC1. The average Bonchev–Trinajstić information content (AvgIpc) is 2.81. The Hall–Kier alpha value is -1.68. The van der Waals surface area contributed by atoms with Crippen LogP contribution in [0.5, 0.6) is 0 Å². The molecule has 4 rings (SSSR count). The molecule has 6 nitrogen and oxygen atoms in total. The summed E-state index contributed by atoms with van der Waals surface area (Å²) < 4.78 is 50.3. The summed E-state index contributed by atoms with van der Waals surface area (Å²) in [5.74, 6) is 0.668. The maximum atomic E-state index is 13.0. The van der Waals surface area contributed by atoms with Crippen molar-refractivity contribution in [2.24, 2.45) is 5.92 Å². The fraction of sp³-hybridized carbons (Fsp3) is 0.731. The fourth-order valence-corrected chi connectivity index (χ4v) is 5.63. The second kappa shape index (κ2) is 12.0. The highest BCUT2D eigenvalue weighted by Crippen LogP contribution is 2.30. The van der Waals surface area contributed by atoms with E-state index >= 15 is 0 Å². The molecule has 3 aliphatic rings. The van der Waals surface area contributed by atoms with Crippen molar-refractivity contribution >= 4 is 5.91 Å². The van der Waals surface area contributed by atoms with Gasteiger partial charge in [0.25, 0.3) is 0 Å². The van der Waals surface area contributed by atoms with Crippen molar-refractivity contribution in [1.82, 2.24) is 9.80 Å². The lowest BCUT2D eigenvalue weighted by Crippen LogP contribution is -2.56. The molecule has 1 aromatic carbocycles. The molecule has 4 atom stereocenters. The lowest BCUT2D eigenvalue weighted by atomic mass is 9.89. The van der Waals surface area contributed by atoms with E-state index in [9.17, 15) is 23.1 Å². The van der Waals surface area contributed by atoms with Gasteiger partial charge in [0.2, 0.25) is 5.91 Å². The van der Waals surface area contributed by atoms with Crippen LogP contribution >= 0.6 is 0 Å². The number of hydrogen-bond acceptors (Lipinski definition) is 5. The number of aliphatic hydroxyl groups excluding tert-OH is 1. The first-order valence-corrected chi connectivity index (χ1v) is 12.8. The minimum Gasteiger partial charge on any atom is -0.389 e. The van der Waals surface area contributed by atoms with E-state index in [1.54, 1.807) is 4.90 Å². The molecule has 9 heteroatoms. The molecule has 1 aromatic rings. The summed E-state index contributed by atoms with van der Waals surface area (Å²) in [6.07, 6.45) is -2.14. The minimum atomic E-state index is -4.25. The highest BCUT2D eigenvalue weighted by molar-refractivity contribution is 5.76. The molecule has 0 aromatic heterocycles. The van der Waals surface area contributed by atoms with E-state index in [0.717, 1.165) is 32.4 Å². The van der Waals surface area contributed by atoms with E-state index in [1.165, 1.54) is 5.56 Å². The summed E-state index contributed by atoms with van der Waals surface area (Å²) in [6.45, 7) is 1.73. The van der Waals surface area contributed by atoms with Crippen molar-refractivity contribution in [3.8, 4) is 0 Å². The largest absolute Gasteiger partial charge is 0.390 e. The van der Waals surface area contributed by atoms with Crippen LogP contribution in [-0.4, -0.2) is 90.7 Å². The van der Waals surface area contributed by atoms with Gasteiger partial charge in [-0.2, -0.15) is 13.2 Å². The van der Waals surface area contributed by atoms with Crippen molar-refractivity contribution in [2.75, 3.05) is 39.4 Å². The molecule has 0 spiro atoms. The third-order valence-electron chi connectivity index (χ3n) is 7.51. The number of carbonyl (C=O) groups is 1. The van der Waals surface area contributed by atoms with Gasteiger partial charge in [-0.3, -0.25) is 9.69 Å². The average molecular weight is 499 g/mol. The molecule has 3 saturated heterocycles. The van der Waals surface area contributed by atoms with Gasteiger partial charge in [0, 0.05) is 32.2 Å². The molecule has 3 aliphatic heterocycles. The van der Waals surface area contributed by atoms with Gasteiger partial charge < -0.3 is 19.5 Å². The van der Waals surface area contributed by atoms with Crippen LogP contribution in [0.15, 0.2) is 30.3 Å². The number of carbonyl (C=O) groups excluding carboxylic acids is 1. The third kappa shape index (κ3) is 7.90. The van der Waals surface area contributed by atoms with Crippen molar-refractivity contribution in [3.63, 3.8) is 0 Å². The van der Waals surface area contributed by atoms with Crippen LogP contribution in [0.1, 0.15) is 44.1 Å². The maximum Gasteiger partial charge on any atom is 0.390 e. The summed E-state index contributed by atoms with van der Waals surface area (Å²) in [6, 6.07) is 10.2. The molecule has 35 heavy (non-hydrogen) atoms.